The molecule has 0 spiro atoms. The van der Waals surface area contributed by atoms with Gasteiger partial charge in [0.25, 0.3) is 5.91 Å². The minimum absolute atomic E-state index is 0.215. The number of hydrogen-bond donors (Lipinski definition) is 1. The lowest BCUT2D eigenvalue weighted by molar-refractivity contribution is -0.194. The van der Waals surface area contributed by atoms with Gasteiger partial charge in [0.05, 0.1) is 20.3 Å². The molecule has 0 aliphatic carbocycles. The predicted molar refractivity (Wildman–Crippen MR) is 157 cm³/mol. The summed E-state index contributed by atoms with van der Waals surface area (Å²) in [6.07, 6.45) is 6.89. The fraction of sp³-hybridized carbons (Fsp3) is 0.645. The second kappa shape index (κ2) is 18.7. The Morgan fingerprint density at radius 2 is 1.71 bits per heavy atom. The molecule has 1 heterocycles. The third kappa shape index (κ3) is 10.3. The first-order chi connectivity index (χ1) is 19.9. The zero-order valence-corrected chi connectivity index (χ0v) is 25.3. The minimum atomic E-state index is -1.38. The number of unbranched alkanes of at least 4 members (excludes halogenated alkanes) is 3. The zero-order chi connectivity index (χ0) is 30.1. The molecule has 1 saturated heterocycles. The van der Waals surface area contributed by atoms with Gasteiger partial charge in [-0.15, -0.1) is 0 Å². The van der Waals surface area contributed by atoms with Crippen LogP contribution < -0.4 is 4.74 Å². The Kier molecular flexibility index (Phi) is 15.8. The zero-order valence-electron chi connectivity index (χ0n) is 25.3. The first kappa shape index (κ1) is 34.6. The van der Waals surface area contributed by atoms with E-state index in [0.717, 1.165) is 44.1 Å². The first-order valence-corrected chi connectivity index (χ1v) is 14.7. The fourth-order valence-corrected chi connectivity index (χ4v) is 4.42. The van der Waals surface area contributed by atoms with Crippen molar-refractivity contribution in [3.63, 3.8) is 0 Å². The Morgan fingerprint density at radius 1 is 1.05 bits per heavy atom. The summed E-state index contributed by atoms with van der Waals surface area (Å²) in [4.78, 5) is 30.8. The third-order valence-corrected chi connectivity index (χ3v) is 6.83. The first-order valence-electron chi connectivity index (χ1n) is 14.7. The SMILES string of the molecule is CCCCOC[C@H]1O[C@@H](N(/C=C\C(=O)/N=C\c2ccc(OC)cc2)C(C)=O)[C@](CO)(OCCCC)[C@@H]1OCCCC. The van der Waals surface area contributed by atoms with Crippen molar-refractivity contribution >= 4 is 18.0 Å². The average Bonchev–Trinajstić information content (AvgIpc) is 3.27. The molecule has 0 bridgehead atoms. The predicted octanol–water partition coefficient (Wildman–Crippen LogP) is 4.28. The van der Waals surface area contributed by atoms with Crippen LogP contribution in [-0.4, -0.2) is 92.2 Å². The third-order valence-electron chi connectivity index (χ3n) is 6.83. The molecule has 4 atom stereocenters. The van der Waals surface area contributed by atoms with Gasteiger partial charge in [-0.2, -0.15) is 0 Å². The molecule has 0 saturated carbocycles. The minimum Gasteiger partial charge on any atom is -0.497 e. The summed E-state index contributed by atoms with van der Waals surface area (Å²) >= 11 is 0. The Bertz CT molecular complexity index is 967. The van der Waals surface area contributed by atoms with E-state index >= 15 is 0 Å². The van der Waals surface area contributed by atoms with Crippen molar-refractivity contribution in [3.8, 4) is 5.75 Å². The highest BCUT2D eigenvalue weighted by Crippen LogP contribution is 2.39. The smallest absolute Gasteiger partial charge is 0.271 e. The molecular weight excluding hydrogens is 528 g/mol. The number of aliphatic imine (C=N–C) groups is 1. The van der Waals surface area contributed by atoms with E-state index in [9.17, 15) is 14.7 Å². The van der Waals surface area contributed by atoms with E-state index < -0.39 is 42.5 Å². The molecule has 1 N–H and O–H groups in total. The quantitative estimate of drug-likeness (QED) is 0.147. The van der Waals surface area contributed by atoms with Crippen LogP contribution in [0.3, 0.4) is 0 Å². The normalized spacial score (nSPS) is 22.5. The number of carbonyl (C=O) groups excluding carboxylic acids is 2. The van der Waals surface area contributed by atoms with Crippen LogP contribution in [0.25, 0.3) is 0 Å². The van der Waals surface area contributed by atoms with E-state index in [-0.39, 0.29) is 6.61 Å². The van der Waals surface area contributed by atoms with Crippen molar-refractivity contribution in [2.24, 2.45) is 4.99 Å². The van der Waals surface area contributed by atoms with Gasteiger partial charge in [-0.3, -0.25) is 14.5 Å². The lowest BCUT2D eigenvalue weighted by Crippen LogP contribution is -2.60. The van der Waals surface area contributed by atoms with E-state index in [0.29, 0.717) is 25.6 Å². The lowest BCUT2D eigenvalue weighted by Gasteiger charge is -2.40. The topological polar surface area (TPSA) is 116 Å². The summed E-state index contributed by atoms with van der Waals surface area (Å²) in [6, 6.07) is 7.09. The molecule has 0 unspecified atom stereocenters. The van der Waals surface area contributed by atoms with E-state index in [4.69, 9.17) is 23.7 Å². The molecule has 2 rings (SSSR count). The number of rotatable bonds is 19. The summed E-state index contributed by atoms with van der Waals surface area (Å²) in [6.45, 7) is 8.66. The van der Waals surface area contributed by atoms with Gasteiger partial charge in [0, 0.05) is 45.2 Å². The van der Waals surface area contributed by atoms with E-state index in [1.807, 2.05) is 6.92 Å². The van der Waals surface area contributed by atoms with Crippen molar-refractivity contribution in [2.75, 3.05) is 40.1 Å². The molecule has 41 heavy (non-hydrogen) atoms. The van der Waals surface area contributed by atoms with E-state index in [1.165, 1.54) is 30.3 Å². The number of aliphatic hydroxyl groups is 1. The van der Waals surface area contributed by atoms with Gasteiger partial charge in [0.2, 0.25) is 5.91 Å². The molecule has 0 aromatic heterocycles. The van der Waals surface area contributed by atoms with Gasteiger partial charge in [-0.1, -0.05) is 40.0 Å². The van der Waals surface area contributed by atoms with Gasteiger partial charge in [-0.05, 0) is 49.1 Å². The number of carbonyl (C=O) groups is 2. The van der Waals surface area contributed by atoms with Crippen LogP contribution in [0, 0.1) is 0 Å². The number of amides is 2. The van der Waals surface area contributed by atoms with Gasteiger partial charge in [0.15, 0.2) is 11.8 Å². The number of nitrogens with zero attached hydrogens (tertiary/aromatic N) is 2. The highest BCUT2D eigenvalue weighted by atomic mass is 16.6. The molecule has 1 fully saturated rings. The van der Waals surface area contributed by atoms with Crippen molar-refractivity contribution < 1.29 is 38.4 Å². The molecule has 1 aromatic rings. The Balaban J connectivity index is 2.35. The number of benzene rings is 1. The molecule has 10 nitrogen and oxygen atoms in total. The summed E-state index contributed by atoms with van der Waals surface area (Å²) in [7, 11) is 1.58. The van der Waals surface area contributed by atoms with Crippen molar-refractivity contribution in [1.82, 2.24) is 4.90 Å². The molecule has 1 aliphatic rings. The maximum atomic E-state index is 12.9. The van der Waals surface area contributed by atoms with Gasteiger partial charge >= 0.3 is 0 Å². The number of aliphatic hydroxyl groups excluding tert-OH is 1. The Hall–Kier alpha value is -2.63. The standard InChI is InChI=1S/C31H48N2O8/c1-6-9-18-38-22-27-29(39-19-10-7-2)31(23-34,40-20-11-8-3)30(41-27)33(24(4)35)17-16-28(36)32-21-25-12-14-26(37-5)15-13-25/h12-17,21,27,29-30,34H,6-11,18-20,22-23H2,1-5H3/b17-16-,32-21-/t27-,29-,30-,31-/m1/s1. The van der Waals surface area contributed by atoms with Gasteiger partial charge in [-0.25, -0.2) is 4.99 Å². The molecule has 2 amide bonds. The fourth-order valence-electron chi connectivity index (χ4n) is 4.42. The largest absolute Gasteiger partial charge is 0.497 e. The highest BCUT2D eigenvalue weighted by Gasteiger charge is 2.60. The van der Waals surface area contributed by atoms with Crippen molar-refractivity contribution in [1.29, 1.82) is 0 Å². The van der Waals surface area contributed by atoms with Gasteiger partial charge < -0.3 is 28.8 Å². The highest BCUT2D eigenvalue weighted by molar-refractivity contribution is 5.97. The van der Waals surface area contributed by atoms with Crippen molar-refractivity contribution in [3.05, 3.63) is 42.1 Å². The molecule has 1 aliphatic heterocycles. The molecular formula is C31H48N2O8. The molecule has 1 aromatic carbocycles. The maximum Gasteiger partial charge on any atom is 0.271 e. The lowest BCUT2D eigenvalue weighted by atomic mass is 9.93. The van der Waals surface area contributed by atoms with Crippen LogP contribution in [0.1, 0.15) is 71.8 Å². The summed E-state index contributed by atoms with van der Waals surface area (Å²) < 4.78 is 30.1. The number of ether oxygens (including phenoxy) is 5. The molecule has 0 radical (unpaired) electrons. The van der Waals surface area contributed by atoms with Crippen LogP contribution in [0.4, 0.5) is 0 Å². The second-order valence-corrected chi connectivity index (χ2v) is 10.0. The van der Waals surface area contributed by atoms with Crippen LogP contribution in [0.15, 0.2) is 41.5 Å². The number of hydrogen-bond acceptors (Lipinski definition) is 8. The van der Waals surface area contributed by atoms with Crippen LogP contribution in [0.5, 0.6) is 5.75 Å². The maximum absolute atomic E-state index is 12.9. The van der Waals surface area contributed by atoms with Crippen molar-refractivity contribution in [2.45, 2.75) is 90.3 Å². The Labute approximate surface area is 244 Å². The van der Waals surface area contributed by atoms with Crippen LogP contribution in [-0.2, 0) is 28.5 Å². The summed E-state index contributed by atoms with van der Waals surface area (Å²) in [5.74, 6) is -0.265. The van der Waals surface area contributed by atoms with Gasteiger partial charge in [0.1, 0.15) is 18.0 Å². The molecule has 10 heteroatoms. The van der Waals surface area contributed by atoms with Crippen LogP contribution in [0.2, 0.25) is 0 Å². The van der Waals surface area contributed by atoms with E-state index in [2.05, 4.69) is 18.8 Å². The summed E-state index contributed by atoms with van der Waals surface area (Å²) in [5.41, 5.74) is -0.663. The van der Waals surface area contributed by atoms with E-state index in [1.54, 1.807) is 31.4 Å². The average molecular weight is 577 g/mol. The second-order valence-electron chi connectivity index (χ2n) is 10.0. The monoisotopic (exact) mass is 576 g/mol. The Morgan fingerprint density at radius 3 is 2.32 bits per heavy atom. The summed E-state index contributed by atoms with van der Waals surface area (Å²) in [5, 5.41) is 10.8. The van der Waals surface area contributed by atoms with Crippen LogP contribution >= 0.6 is 0 Å². The molecule has 230 valence electrons. The number of methoxy groups -OCH3 is 1.